The lowest BCUT2D eigenvalue weighted by molar-refractivity contribution is 1.48. The second-order valence-corrected chi connectivity index (χ2v) is 14.7. The highest BCUT2D eigenvalue weighted by Crippen LogP contribution is 2.47. The van der Waals surface area contributed by atoms with Crippen LogP contribution < -0.4 is 0 Å². The molecule has 10 aromatic carbocycles. The minimum Gasteiger partial charge on any atom is -0.238 e. The van der Waals surface area contributed by atoms with E-state index in [2.05, 4.69) is 180 Å². The highest BCUT2D eigenvalue weighted by atomic mass is 14.6. The number of nitrogens with zero attached hydrogens (tertiary/aromatic N) is 2. The molecule has 0 saturated carbocycles. The van der Waals surface area contributed by atoms with E-state index in [4.69, 9.17) is 6.57 Å². The van der Waals surface area contributed by atoms with Crippen molar-refractivity contribution in [2.24, 2.45) is 0 Å². The molecule has 0 amide bonds. The Bertz CT molecular complexity index is 3240. The normalized spacial score (nSPS) is 10.7. The van der Waals surface area contributed by atoms with E-state index in [9.17, 15) is 5.26 Å². The Morgan fingerprint density at radius 2 is 0.733 bits per heavy atom. The molecule has 0 aromatic heterocycles. The SMILES string of the molecule is [C-]#[N+]c1ccc(C#Cc2cc(-c3ccccc3-c3ccccc3)c3ccc4c(-c5ccccc5-c5ccccc5)cc(C#Cc5ccc(C#N)cc5)c5ccc2c3c54)cc1. The Morgan fingerprint density at radius 1 is 0.350 bits per heavy atom. The van der Waals surface area contributed by atoms with E-state index in [-0.39, 0.29) is 0 Å². The number of hydrogen-bond donors (Lipinski definition) is 0. The fourth-order valence-electron chi connectivity index (χ4n) is 8.35. The van der Waals surface area contributed by atoms with E-state index in [0.29, 0.717) is 11.3 Å². The minimum absolute atomic E-state index is 0.589. The fraction of sp³-hybridized carbons (Fsp3) is 0. The Balaban J connectivity index is 1.32. The van der Waals surface area contributed by atoms with E-state index in [1.807, 2.05) is 48.5 Å². The maximum Gasteiger partial charge on any atom is 0.187 e. The molecule has 0 heterocycles. The lowest BCUT2D eigenvalue weighted by atomic mass is 9.82. The van der Waals surface area contributed by atoms with Crippen LogP contribution in [0.4, 0.5) is 5.69 Å². The number of benzene rings is 10. The van der Waals surface area contributed by atoms with Crippen molar-refractivity contribution in [2.75, 3.05) is 0 Å². The average Bonchev–Trinajstić information content (AvgIpc) is 3.33. The molecule has 0 atom stereocenters. The van der Waals surface area contributed by atoms with E-state index < -0.39 is 0 Å². The van der Waals surface area contributed by atoms with Gasteiger partial charge in [0.15, 0.2) is 5.69 Å². The highest BCUT2D eigenvalue weighted by molar-refractivity contribution is 6.30. The number of hydrogen-bond acceptors (Lipinski definition) is 1. The molecule has 0 radical (unpaired) electrons. The molecule has 0 spiro atoms. The molecule has 2 nitrogen and oxygen atoms in total. The topological polar surface area (TPSA) is 28.1 Å². The summed E-state index contributed by atoms with van der Waals surface area (Å²) in [7, 11) is 0. The van der Waals surface area contributed by atoms with Crippen LogP contribution in [-0.2, 0) is 0 Å². The van der Waals surface area contributed by atoms with Gasteiger partial charge in [0.2, 0.25) is 0 Å². The zero-order valence-corrected chi connectivity index (χ0v) is 32.4. The third-order valence-electron chi connectivity index (χ3n) is 11.2. The molecule has 10 rings (SSSR count). The summed E-state index contributed by atoms with van der Waals surface area (Å²) in [5.74, 6) is 14.0. The van der Waals surface area contributed by atoms with Crippen molar-refractivity contribution in [3.8, 4) is 74.3 Å². The number of nitriles is 1. The van der Waals surface area contributed by atoms with Gasteiger partial charge in [-0.15, -0.1) is 0 Å². The maximum absolute atomic E-state index is 9.43. The molecule has 2 heteroatoms. The van der Waals surface area contributed by atoms with Crippen LogP contribution in [0.2, 0.25) is 0 Å². The van der Waals surface area contributed by atoms with Gasteiger partial charge in [-0.3, -0.25) is 0 Å². The standard InChI is InChI=1S/C58H32N2/c1-60-46-30-26-40(27-31-46)25-29-45-37-56(52-19-11-9-17-48(52)43-14-6-3-7-15-43)54-35-34-53-55(51-18-10-8-16-47(51)42-12-4-2-5-13-42)36-44(49-32-33-50(45)58(54)57(49)53)28-24-39-20-22-41(38-59)23-21-39/h2-23,26-27,30-37H. The van der Waals surface area contributed by atoms with E-state index in [0.717, 1.165) is 99.1 Å². The molecule has 0 N–H and O–H groups in total. The van der Waals surface area contributed by atoms with Crippen molar-refractivity contribution in [1.82, 2.24) is 0 Å². The summed E-state index contributed by atoms with van der Waals surface area (Å²) in [6, 6.07) is 68.9. The predicted octanol–water partition coefficient (Wildman–Crippen LogP) is 14.5. The Morgan fingerprint density at radius 3 is 1.17 bits per heavy atom. The van der Waals surface area contributed by atoms with Gasteiger partial charge in [0.05, 0.1) is 18.2 Å². The quantitative estimate of drug-likeness (QED) is 0.0998. The maximum atomic E-state index is 9.43. The first kappa shape index (κ1) is 35.7. The molecule has 0 fully saturated rings. The molecule has 0 unspecified atom stereocenters. The Labute approximate surface area is 349 Å². The smallest absolute Gasteiger partial charge is 0.187 e. The van der Waals surface area contributed by atoms with Gasteiger partial charge in [-0.05, 0) is 113 Å². The molecule has 0 bridgehead atoms. The summed E-state index contributed by atoms with van der Waals surface area (Å²) in [5, 5.41) is 16.1. The van der Waals surface area contributed by atoms with Gasteiger partial charge >= 0.3 is 0 Å². The lowest BCUT2D eigenvalue weighted by Crippen LogP contribution is -1.96. The minimum atomic E-state index is 0.589. The second kappa shape index (κ2) is 15.4. The van der Waals surface area contributed by atoms with Gasteiger partial charge in [-0.2, -0.15) is 5.26 Å². The van der Waals surface area contributed by atoms with Crippen LogP contribution in [-0.4, -0.2) is 0 Å². The first-order valence-electron chi connectivity index (χ1n) is 19.8. The van der Waals surface area contributed by atoms with Gasteiger partial charge in [-0.25, -0.2) is 4.85 Å². The first-order chi connectivity index (χ1) is 29.7. The van der Waals surface area contributed by atoms with Gasteiger partial charge in [0.1, 0.15) is 0 Å². The number of rotatable bonds is 4. The second-order valence-electron chi connectivity index (χ2n) is 14.7. The molecular weight excluding hydrogens is 725 g/mol. The molecule has 0 aliphatic carbocycles. The van der Waals surface area contributed by atoms with Crippen molar-refractivity contribution in [2.45, 2.75) is 0 Å². The molecule has 0 saturated heterocycles. The third-order valence-corrected chi connectivity index (χ3v) is 11.2. The summed E-state index contributed by atoms with van der Waals surface area (Å²) in [6.45, 7) is 7.42. The van der Waals surface area contributed by atoms with Crippen LogP contribution in [0.15, 0.2) is 194 Å². The van der Waals surface area contributed by atoms with Crippen molar-refractivity contribution in [1.29, 1.82) is 5.26 Å². The molecule has 0 aliphatic heterocycles. The highest BCUT2D eigenvalue weighted by Gasteiger charge is 2.21. The van der Waals surface area contributed by atoms with Crippen LogP contribution in [0.25, 0.3) is 81.7 Å². The van der Waals surface area contributed by atoms with Crippen molar-refractivity contribution in [3.63, 3.8) is 0 Å². The van der Waals surface area contributed by atoms with E-state index in [1.54, 1.807) is 0 Å². The summed E-state index contributed by atoms with van der Waals surface area (Å²) in [6.07, 6.45) is 0. The largest absolute Gasteiger partial charge is 0.238 e. The van der Waals surface area contributed by atoms with Crippen LogP contribution in [0.5, 0.6) is 0 Å². The first-order valence-corrected chi connectivity index (χ1v) is 19.8. The summed E-state index contributed by atoms with van der Waals surface area (Å²) < 4.78 is 0. The van der Waals surface area contributed by atoms with Crippen LogP contribution in [0, 0.1) is 41.6 Å². The van der Waals surface area contributed by atoms with Crippen LogP contribution in [0.1, 0.15) is 27.8 Å². The van der Waals surface area contributed by atoms with E-state index in [1.165, 1.54) is 0 Å². The summed E-state index contributed by atoms with van der Waals surface area (Å²) >= 11 is 0. The van der Waals surface area contributed by atoms with Crippen LogP contribution in [0.3, 0.4) is 0 Å². The van der Waals surface area contributed by atoms with Crippen molar-refractivity contribution in [3.05, 3.63) is 233 Å². The zero-order valence-electron chi connectivity index (χ0n) is 32.4. The van der Waals surface area contributed by atoms with Gasteiger partial charge < -0.3 is 0 Å². The Kier molecular flexibility index (Phi) is 9.14. The molecular formula is C58H32N2. The van der Waals surface area contributed by atoms with Crippen LogP contribution >= 0.6 is 0 Å². The van der Waals surface area contributed by atoms with Crippen molar-refractivity contribution < 1.29 is 0 Å². The zero-order chi connectivity index (χ0) is 40.4. The summed E-state index contributed by atoms with van der Waals surface area (Å²) in [4.78, 5) is 3.57. The van der Waals surface area contributed by atoms with Crippen molar-refractivity contribution >= 4 is 38.0 Å². The monoisotopic (exact) mass is 756 g/mol. The Hall–Kier alpha value is -8.66. The van der Waals surface area contributed by atoms with Gasteiger partial charge in [0.25, 0.3) is 0 Å². The van der Waals surface area contributed by atoms with E-state index >= 15 is 0 Å². The third kappa shape index (κ3) is 6.48. The molecule has 274 valence electrons. The molecule has 60 heavy (non-hydrogen) atoms. The van der Waals surface area contributed by atoms with Gasteiger partial charge in [-0.1, -0.05) is 181 Å². The molecule has 10 aromatic rings. The van der Waals surface area contributed by atoms with Gasteiger partial charge in [0, 0.05) is 22.3 Å². The predicted molar refractivity (Wildman–Crippen MR) is 248 cm³/mol. The summed E-state index contributed by atoms with van der Waals surface area (Å²) in [5.41, 5.74) is 13.8. The average molecular weight is 757 g/mol. The lowest BCUT2D eigenvalue weighted by Gasteiger charge is -2.21. The fourth-order valence-corrected chi connectivity index (χ4v) is 8.35. The molecule has 0 aliphatic rings.